The second-order valence-electron chi connectivity index (χ2n) is 5.71. The molecular formula is C13H24N2O. The van der Waals surface area contributed by atoms with Gasteiger partial charge in [0.2, 0.25) is 0 Å². The normalized spacial score (nSPS) is 41.4. The molecule has 3 heteroatoms. The maximum Gasteiger partial charge on any atom is 0.0703 e. The molecule has 3 atom stereocenters. The van der Waals surface area contributed by atoms with Crippen LogP contribution in [0.1, 0.15) is 39.0 Å². The molecule has 92 valence electrons. The molecule has 0 radical (unpaired) electrons. The van der Waals surface area contributed by atoms with E-state index in [1.807, 2.05) is 0 Å². The number of hydrogen-bond donors (Lipinski definition) is 1. The zero-order chi connectivity index (χ0) is 11.0. The van der Waals surface area contributed by atoms with Crippen LogP contribution in [-0.4, -0.2) is 48.8 Å². The van der Waals surface area contributed by atoms with Crippen molar-refractivity contribution >= 4 is 0 Å². The zero-order valence-electron chi connectivity index (χ0n) is 10.3. The Bertz CT molecular complexity index is 242. The number of nitrogens with zero attached hydrogens (tertiary/aromatic N) is 1. The van der Waals surface area contributed by atoms with Crippen molar-refractivity contribution in [3.8, 4) is 0 Å². The summed E-state index contributed by atoms with van der Waals surface area (Å²) in [7, 11) is 0. The van der Waals surface area contributed by atoms with Crippen LogP contribution in [0.2, 0.25) is 0 Å². The lowest BCUT2D eigenvalue weighted by Crippen LogP contribution is -2.51. The van der Waals surface area contributed by atoms with E-state index in [0.717, 1.165) is 18.7 Å². The number of piperidine rings is 1. The van der Waals surface area contributed by atoms with E-state index in [9.17, 15) is 0 Å². The Morgan fingerprint density at radius 1 is 1.12 bits per heavy atom. The van der Waals surface area contributed by atoms with Gasteiger partial charge in [0, 0.05) is 31.3 Å². The molecule has 0 bridgehead atoms. The van der Waals surface area contributed by atoms with Crippen LogP contribution < -0.4 is 5.32 Å². The van der Waals surface area contributed by atoms with Crippen molar-refractivity contribution in [2.24, 2.45) is 0 Å². The largest absolute Gasteiger partial charge is 0.377 e. The van der Waals surface area contributed by atoms with Crippen LogP contribution in [0.5, 0.6) is 0 Å². The lowest BCUT2D eigenvalue weighted by molar-refractivity contribution is 0.0583. The highest BCUT2D eigenvalue weighted by molar-refractivity contribution is 4.91. The minimum atomic E-state index is 0.444. The van der Waals surface area contributed by atoms with Crippen LogP contribution in [0.25, 0.3) is 0 Å². The van der Waals surface area contributed by atoms with Gasteiger partial charge in [-0.25, -0.2) is 0 Å². The highest BCUT2D eigenvalue weighted by Gasteiger charge is 2.34. The molecule has 1 aliphatic carbocycles. The van der Waals surface area contributed by atoms with Crippen molar-refractivity contribution in [1.82, 2.24) is 10.2 Å². The Morgan fingerprint density at radius 2 is 2.00 bits per heavy atom. The van der Waals surface area contributed by atoms with E-state index >= 15 is 0 Å². The smallest absolute Gasteiger partial charge is 0.0703 e. The van der Waals surface area contributed by atoms with Crippen LogP contribution in [0.15, 0.2) is 0 Å². The minimum absolute atomic E-state index is 0.444. The molecule has 3 nitrogen and oxygen atoms in total. The van der Waals surface area contributed by atoms with Gasteiger partial charge in [-0.15, -0.1) is 0 Å². The summed E-state index contributed by atoms with van der Waals surface area (Å²) >= 11 is 0. The summed E-state index contributed by atoms with van der Waals surface area (Å²) in [4.78, 5) is 2.67. The van der Waals surface area contributed by atoms with Gasteiger partial charge in [0.1, 0.15) is 0 Å². The average molecular weight is 224 g/mol. The fraction of sp³-hybridized carbons (Fsp3) is 1.00. The van der Waals surface area contributed by atoms with Crippen LogP contribution >= 0.6 is 0 Å². The Morgan fingerprint density at radius 3 is 2.69 bits per heavy atom. The van der Waals surface area contributed by atoms with Gasteiger partial charge in [0.25, 0.3) is 0 Å². The van der Waals surface area contributed by atoms with E-state index in [2.05, 4.69) is 17.1 Å². The summed E-state index contributed by atoms with van der Waals surface area (Å²) in [6, 6.07) is 2.28. The number of nitrogens with one attached hydrogen (secondary N) is 1. The topological polar surface area (TPSA) is 24.5 Å². The summed E-state index contributed by atoms with van der Waals surface area (Å²) in [5, 5.41) is 3.78. The third-order valence-corrected chi connectivity index (χ3v) is 4.31. The van der Waals surface area contributed by atoms with Crippen LogP contribution in [0.3, 0.4) is 0 Å². The van der Waals surface area contributed by atoms with Crippen molar-refractivity contribution < 1.29 is 4.74 Å². The number of hydrogen-bond acceptors (Lipinski definition) is 3. The quantitative estimate of drug-likeness (QED) is 0.784. The highest BCUT2D eigenvalue weighted by Crippen LogP contribution is 2.25. The number of ether oxygens (including phenoxy) is 1. The number of likely N-dealkylation sites (tertiary alicyclic amines) is 1. The maximum absolute atomic E-state index is 5.69. The van der Waals surface area contributed by atoms with Crippen LogP contribution in [-0.2, 0) is 4.74 Å². The number of rotatable bonds is 3. The first-order chi connectivity index (χ1) is 7.83. The van der Waals surface area contributed by atoms with Gasteiger partial charge in [-0.3, -0.25) is 4.90 Å². The van der Waals surface area contributed by atoms with E-state index in [1.165, 1.54) is 45.2 Å². The van der Waals surface area contributed by atoms with Gasteiger partial charge >= 0.3 is 0 Å². The van der Waals surface area contributed by atoms with Crippen LogP contribution in [0.4, 0.5) is 0 Å². The Kier molecular flexibility index (Phi) is 3.18. The van der Waals surface area contributed by atoms with E-state index < -0.39 is 0 Å². The molecule has 2 aliphatic heterocycles. The molecule has 1 saturated carbocycles. The Labute approximate surface area is 98.5 Å². The molecule has 1 N–H and O–H groups in total. The van der Waals surface area contributed by atoms with Crippen molar-refractivity contribution in [2.75, 3.05) is 19.7 Å². The molecular weight excluding hydrogens is 200 g/mol. The fourth-order valence-electron chi connectivity index (χ4n) is 3.23. The predicted molar refractivity (Wildman–Crippen MR) is 64.6 cm³/mol. The molecule has 3 aliphatic rings. The molecule has 3 rings (SSSR count). The Balaban J connectivity index is 1.54. The summed E-state index contributed by atoms with van der Waals surface area (Å²) < 4.78 is 5.69. The molecule has 0 spiro atoms. The van der Waals surface area contributed by atoms with Gasteiger partial charge in [0.15, 0.2) is 0 Å². The van der Waals surface area contributed by atoms with E-state index in [1.54, 1.807) is 0 Å². The summed E-state index contributed by atoms with van der Waals surface area (Å²) in [5.74, 6) is 0. The molecule has 0 aromatic carbocycles. The van der Waals surface area contributed by atoms with Gasteiger partial charge in [0.05, 0.1) is 6.10 Å². The van der Waals surface area contributed by atoms with Gasteiger partial charge < -0.3 is 10.1 Å². The third-order valence-electron chi connectivity index (χ3n) is 4.31. The minimum Gasteiger partial charge on any atom is -0.377 e. The Hall–Kier alpha value is -0.120. The van der Waals surface area contributed by atoms with Crippen molar-refractivity contribution in [3.05, 3.63) is 0 Å². The maximum atomic E-state index is 5.69. The van der Waals surface area contributed by atoms with E-state index in [0.29, 0.717) is 12.1 Å². The first-order valence-electron chi connectivity index (χ1n) is 6.94. The third kappa shape index (κ3) is 2.41. The monoisotopic (exact) mass is 224 g/mol. The lowest BCUT2D eigenvalue weighted by atomic mass is 10.0. The molecule has 0 amide bonds. The summed E-state index contributed by atoms with van der Waals surface area (Å²) in [6.45, 7) is 5.72. The second-order valence-corrected chi connectivity index (χ2v) is 5.71. The molecule has 2 heterocycles. The molecule has 0 aromatic rings. The zero-order valence-corrected chi connectivity index (χ0v) is 10.3. The second kappa shape index (κ2) is 4.63. The van der Waals surface area contributed by atoms with Crippen molar-refractivity contribution in [1.29, 1.82) is 0 Å². The van der Waals surface area contributed by atoms with Gasteiger partial charge in [-0.2, -0.15) is 0 Å². The lowest BCUT2D eigenvalue weighted by Gasteiger charge is -2.38. The van der Waals surface area contributed by atoms with Gasteiger partial charge in [-0.05, 0) is 45.6 Å². The fourth-order valence-corrected chi connectivity index (χ4v) is 3.23. The van der Waals surface area contributed by atoms with E-state index in [4.69, 9.17) is 4.74 Å². The molecule has 3 fully saturated rings. The summed E-state index contributed by atoms with van der Waals surface area (Å²) in [6.07, 6.45) is 7.21. The SMILES string of the molecule is CC1OCCC1N1CCCC(NC2CC2)C1. The van der Waals surface area contributed by atoms with Crippen molar-refractivity contribution in [2.45, 2.75) is 63.3 Å². The first kappa shape index (κ1) is 11.0. The first-order valence-corrected chi connectivity index (χ1v) is 6.94. The van der Waals surface area contributed by atoms with Crippen molar-refractivity contribution in [3.63, 3.8) is 0 Å². The summed E-state index contributed by atoms with van der Waals surface area (Å²) in [5.41, 5.74) is 0. The molecule has 16 heavy (non-hydrogen) atoms. The molecule has 0 aromatic heterocycles. The standard InChI is InChI=1S/C13H24N2O/c1-10-13(6-8-16-10)15-7-2-3-12(9-15)14-11-4-5-11/h10-14H,2-9H2,1H3. The average Bonchev–Trinajstić information content (AvgIpc) is 2.99. The predicted octanol–water partition coefficient (Wildman–Crippen LogP) is 1.38. The van der Waals surface area contributed by atoms with Crippen LogP contribution in [0, 0.1) is 0 Å². The molecule has 3 unspecified atom stereocenters. The van der Waals surface area contributed by atoms with Gasteiger partial charge in [-0.1, -0.05) is 0 Å². The van der Waals surface area contributed by atoms with E-state index in [-0.39, 0.29) is 0 Å². The molecule has 2 saturated heterocycles. The highest BCUT2D eigenvalue weighted by atomic mass is 16.5.